The predicted molar refractivity (Wildman–Crippen MR) is 261 cm³/mol. The molecule has 0 heterocycles. The molecule has 0 aliphatic heterocycles. The van der Waals surface area contributed by atoms with Crippen LogP contribution in [0.4, 0.5) is 0 Å². The molecular weight excluding hydrogens is 757 g/mol. The van der Waals surface area contributed by atoms with Crippen LogP contribution in [0.3, 0.4) is 0 Å². The molecule has 0 bridgehead atoms. The van der Waals surface area contributed by atoms with Gasteiger partial charge in [0, 0.05) is 19.3 Å². The Balaban J connectivity index is 4.29. The molecular formula is C55H102O6. The number of carbonyl (C=O) groups is 3. The zero-order chi connectivity index (χ0) is 44.4. The molecule has 1 unspecified atom stereocenters. The van der Waals surface area contributed by atoms with E-state index in [1.165, 1.54) is 186 Å². The van der Waals surface area contributed by atoms with E-state index in [0.717, 1.165) is 64.2 Å². The van der Waals surface area contributed by atoms with Crippen LogP contribution in [-0.4, -0.2) is 37.2 Å². The standard InChI is InChI=1S/C55H102O6/c1-4-7-10-13-16-19-22-24-25-26-27-28-29-31-33-36-39-42-45-48-54(57)60-51-52(50-59-53(56)47-44-41-38-35-32-21-18-15-12-9-6-3)61-55(58)49-46-43-40-37-34-30-23-20-17-14-11-8-5-2/h15,18,26-27,52H,4-14,16-17,19-25,28-51H2,1-3H3/b18-15-,27-26-. The molecule has 0 saturated heterocycles. The Bertz CT molecular complexity index is 989. The van der Waals surface area contributed by atoms with Gasteiger partial charge < -0.3 is 14.2 Å². The maximum absolute atomic E-state index is 12.8. The van der Waals surface area contributed by atoms with Crippen molar-refractivity contribution in [2.24, 2.45) is 0 Å². The van der Waals surface area contributed by atoms with Gasteiger partial charge in [0.25, 0.3) is 0 Å². The Hall–Kier alpha value is -2.11. The minimum Gasteiger partial charge on any atom is -0.462 e. The third kappa shape index (κ3) is 48.8. The fourth-order valence-corrected chi connectivity index (χ4v) is 7.83. The number of hydrogen-bond donors (Lipinski definition) is 0. The van der Waals surface area contributed by atoms with Crippen molar-refractivity contribution in [2.45, 2.75) is 297 Å². The van der Waals surface area contributed by atoms with Gasteiger partial charge in [-0.3, -0.25) is 14.4 Å². The molecule has 0 aliphatic carbocycles. The fraction of sp³-hybridized carbons (Fsp3) is 0.873. The third-order valence-electron chi connectivity index (χ3n) is 11.9. The molecule has 0 aromatic heterocycles. The number of esters is 3. The van der Waals surface area contributed by atoms with Gasteiger partial charge >= 0.3 is 17.9 Å². The number of carbonyl (C=O) groups excluding carboxylic acids is 3. The number of unbranched alkanes of at least 4 members (excludes halogenated alkanes) is 34. The number of ether oxygens (including phenoxy) is 3. The van der Waals surface area contributed by atoms with E-state index in [4.69, 9.17) is 14.2 Å². The van der Waals surface area contributed by atoms with Crippen LogP contribution in [0.1, 0.15) is 290 Å². The van der Waals surface area contributed by atoms with E-state index in [1.54, 1.807) is 0 Å². The molecule has 0 aromatic carbocycles. The highest BCUT2D eigenvalue weighted by atomic mass is 16.6. The highest BCUT2D eigenvalue weighted by molar-refractivity contribution is 5.71. The smallest absolute Gasteiger partial charge is 0.306 e. The van der Waals surface area contributed by atoms with E-state index in [-0.39, 0.29) is 31.1 Å². The summed E-state index contributed by atoms with van der Waals surface area (Å²) >= 11 is 0. The molecule has 0 amide bonds. The largest absolute Gasteiger partial charge is 0.462 e. The second-order valence-corrected chi connectivity index (χ2v) is 18.1. The van der Waals surface area contributed by atoms with Crippen molar-refractivity contribution in [2.75, 3.05) is 13.2 Å². The minimum atomic E-state index is -0.771. The van der Waals surface area contributed by atoms with E-state index in [9.17, 15) is 14.4 Å². The molecule has 0 radical (unpaired) electrons. The van der Waals surface area contributed by atoms with Gasteiger partial charge in [-0.1, -0.05) is 231 Å². The monoisotopic (exact) mass is 859 g/mol. The van der Waals surface area contributed by atoms with Crippen molar-refractivity contribution >= 4 is 17.9 Å². The topological polar surface area (TPSA) is 78.9 Å². The van der Waals surface area contributed by atoms with Crippen LogP contribution in [-0.2, 0) is 28.6 Å². The molecule has 6 heteroatoms. The molecule has 0 aliphatic rings. The molecule has 61 heavy (non-hydrogen) atoms. The first-order valence-electron chi connectivity index (χ1n) is 26.8. The normalized spacial score (nSPS) is 12.1. The minimum absolute atomic E-state index is 0.0725. The van der Waals surface area contributed by atoms with Crippen molar-refractivity contribution in [3.05, 3.63) is 24.3 Å². The van der Waals surface area contributed by atoms with Crippen molar-refractivity contribution in [1.29, 1.82) is 0 Å². The average Bonchev–Trinajstić information content (AvgIpc) is 3.26. The maximum Gasteiger partial charge on any atom is 0.306 e. The zero-order valence-corrected chi connectivity index (χ0v) is 40.9. The van der Waals surface area contributed by atoms with Gasteiger partial charge in [-0.15, -0.1) is 0 Å². The number of allylic oxidation sites excluding steroid dienone is 4. The van der Waals surface area contributed by atoms with Crippen LogP contribution in [0.15, 0.2) is 24.3 Å². The maximum atomic E-state index is 12.8. The molecule has 0 fully saturated rings. The van der Waals surface area contributed by atoms with E-state index in [1.807, 2.05) is 0 Å². The van der Waals surface area contributed by atoms with E-state index >= 15 is 0 Å². The first-order valence-corrected chi connectivity index (χ1v) is 26.8. The van der Waals surface area contributed by atoms with Crippen LogP contribution in [0, 0.1) is 0 Å². The van der Waals surface area contributed by atoms with Crippen LogP contribution in [0.5, 0.6) is 0 Å². The molecule has 0 N–H and O–H groups in total. The molecule has 0 rings (SSSR count). The molecule has 6 nitrogen and oxygen atoms in total. The Morgan fingerprint density at radius 2 is 0.557 bits per heavy atom. The Morgan fingerprint density at radius 1 is 0.311 bits per heavy atom. The lowest BCUT2D eigenvalue weighted by molar-refractivity contribution is -0.167. The first-order chi connectivity index (χ1) is 30.0. The summed E-state index contributed by atoms with van der Waals surface area (Å²) in [7, 11) is 0. The second-order valence-electron chi connectivity index (χ2n) is 18.1. The van der Waals surface area contributed by atoms with Gasteiger partial charge in [0.1, 0.15) is 13.2 Å². The summed E-state index contributed by atoms with van der Waals surface area (Å²) in [6, 6.07) is 0. The summed E-state index contributed by atoms with van der Waals surface area (Å²) < 4.78 is 16.8. The first kappa shape index (κ1) is 58.9. The summed E-state index contributed by atoms with van der Waals surface area (Å²) in [6.45, 7) is 6.62. The zero-order valence-electron chi connectivity index (χ0n) is 40.9. The van der Waals surface area contributed by atoms with Crippen LogP contribution in [0.2, 0.25) is 0 Å². The summed E-state index contributed by atoms with van der Waals surface area (Å²) in [5, 5.41) is 0. The lowest BCUT2D eigenvalue weighted by atomic mass is 10.0. The quantitative estimate of drug-likeness (QED) is 0.0262. The van der Waals surface area contributed by atoms with Gasteiger partial charge in [0.2, 0.25) is 0 Å². The SMILES string of the molecule is CCCC/C=C\CCCCCCCC(=O)OCC(COC(=O)CCCCCCCCC/C=C\CCCCCCCCCC)OC(=O)CCCCCCCCCCCCCCC. The summed E-state index contributed by atoms with van der Waals surface area (Å²) in [6.07, 6.45) is 57.3. The molecule has 0 aromatic rings. The van der Waals surface area contributed by atoms with Crippen molar-refractivity contribution in [1.82, 2.24) is 0 Å². The van der Waals surface area contributed by atoms with E-state index in [0.29, 0.717) is 19.3 Å². The predicted octanol–water partition coefficient (Wildman–Crippen LogP) is 17.5. The van der Waals surface area contributed by atoms with E-state index < -0.39 is 6.10 Å². The second kappa shape index (κ2) is 50.5. The molecule has 0 saturated carbocycles. The van der Waals surface area contributed by atoms with Gasteiger partial charge in [-0.2, -0.15) is 0 Å². The lowest BCUT2D eigenvalue weighted by Crippen LogP contribution is -2.30. The highest BCUT2D eigenvalue weighted by Crippen LogP contribution is 2.16. The lowest BCUT2D eigenvalue weighted by Gasteiger charge is -2.18. The van der Waals surface area contributed by atoms with Crippen LogP contribution >= 0.6 is 0 Å². The van der Waals surface area contributed by atoms with Crippen molar-refractivity contribution in [3.63, 3.8) is 0 Å². The average molecular weight is 859 g/mol. The summed E-state index contributed by atoms with van der Waals surface area (Å²) in [5.74, 6) is -0.873. The van der Waals surface area contributed by atoms with Gasteiger partial charge in [0.15, 0.2) is 6.10 Å². The fourth-order valence-electron chi connectivity index (χ4n) is 7.83. The molecule has 0 spiro atoms. The van der Waals surface area contributed by atoms with Gasteiger partial charge in [-0.05, 0) is 64.2 Å². The van der Waals surface area contributed by atoms with Gasteiger partial charge in [0.05, 0.1) is 0 Å². The summed E-state index contributed by atoms with van der Waals surface area (Å²) in [5.41, 5.74) is 0. The molecule has 1 atom stereocenters. The highest BCUT2D eigenvalue weighted by Gasteiger charge is 2.19. The van der Waals surface area contributed by atoms with E-state index in [2.05, 4.69) is 45.1 Å². The van der Waals surface area contributed by atoms with Crippen LogP contribution in [0.25, 0.3) is 0 Å². The number of rotatable bonds is 49. The summed E-state index contributed by atoms with van der Waals surface area (Å²) in [4.78, 5) is 37.9. The Labute approximate surface area is 379 Å². The number of hydrogen-bond acceptors (Lipinski definition) is 6. The van der Waals surface area contributed by atoms with Crippen molar-refractivity contribution < 1.29 is 28.6 Å². The third-order valence-corrected chi connectivity index (χ3v) is 11.9. The van der Waals surface area contributed by atoms with Crippen LogP contribution < -0.4 is 0 Å². The van der Waals surface area contributed by atoms with Crippen molar-refractivity contribution in [3.8, 4) is 0 Å². The Morgan fingerprint density at radius 3 is 0.869 bits per heavy atom. The molecule has 358 valence electrons. The Kier molecular flexibility index (Phi) is 48.8. The van der Waals surface area contributed by atoms with Gasteiger partial charge in [-0.25, -0.2) is 0 Å².